The highest BCUT2D eigenvalue weighted by Gasteiger charge is 2.30. The number of hydrogen-bond acceptors (Lipinski definition) is 5. The Bertz CT molecular complexity index is 722. The molecule has 0 fully saturated rings. The molecule has 2 rings (SSSR count). The molecule has 0 aromatic heterocycles. The van der Waals surface area contributed by atoms with Crippen molar-refractivity contribution in [3.63, 3.8) is 0 Å². The van der Waals surface area contributed by atoms with E-state index in [4.69, 9.17) is 22.2 Å². The van der Waals surface area contributed by atoms with Crippen LogP contribution in [0.3, 0.4) is 0 Å². The molecule has 2 N–H and O–H groups in total. The van der Waals surface area contributed by atoms with Gasteiger partial charge in [-0.1, -0.05) is 12.1 Å². The molecule has 132 valence electrons. The van der Waals surface area contributed by atoms with Crippen molar-refractivity contribution in [3.05, 3.63) is 41.1 Å². The average molecular weight is 358 g/mol. The second-order valence-electron chi connectivity index (χ2n) is 5.71. The Labute approximate surface area is 153 Å². The van der Waals surface area contributed by atoms with E-state index in [-0.39, 0.29) is 12.0 Å². The summed E-state index contributed by atoms with van der Waals surface area (Å²) in [4.78, 5) is 14.4. The van der Waals surface area contributed by atoms with E-state index in [1.807, 2.05) is 43.1 Å². The number of rotatable bonds is 6. The van der Waals surface area contributed by atoms with Crippen LogP contribution >= 0.6 is 12.2 Å². The van der Waals surface area contributed by atoms with Crippen molar-refractivity contribution in [1.29, 1.82) is 5.26 Å². The minimum atomic E-state index is -0.359. The van der Waals surface area contributed by atoms with Crippen molar-refractivity contribution in [2.45, 2.75) is 26.3 Å². The largest absolute Gasteiger partial charge is 0.463 e. The molecule has 0 radical (unpaired) electrons. The van der Waals surface area contributed by atoms with Crippen LogP contribution in [-0.4, -0.2) is 31.3 Å². The quantitative estimate of drug-likeness (QED) is 0.597. The molecule has 1 aromatic carbocycles. The van der Waals surface area contributed by atoms with Crippen LogP contribution in [0.1, 0.15) is 31.9 Å². The van der Waals surface area contributed by atoms with Crippen LogP contribution in [0.5, 0.6) is 0 Å². The molecule has 1 atom stereocenters. The molecule has 7 heteroatoms. The smallest absolute Gasteiger partial charge is 0.338 e. The normalized spacial score (nSPS) is 16.6. The van der Waals surface area contributed by atoms with Gasteiger partial charge in [-0.2, -0.15) is 5.26 Å². The highest BCUT2D eigenvalue weighted by Crippen LogP contribution is 2.29. The van der Waals surface area contributed by atoms with Gasteiger partial charge in [0.2, 0.25) is 0 Å². The monoisotopic (exact) mass is 358 g/mol. The topological polar surface area (TPSA) is 77.4 Å². The Kier molecular flexibility index (Phi) is 6.37. The summed E-state index contributed by atoms with van der Waals surface area (Å²) in [6.45, 7) is 4.58. The molecule has 0 saturated carbocycles. The fourth-order valence-electron chi connectivity index (χ4n) is 2.69. The van der Waals surface area contributed by atoms with E-state index in [1.54, 1.807) is 6.92 Å². The molecule has 0 saturated heterocycles. The SMILES string of the molecule is CCOC(=O)C1=C(C)NC(=S)NC1c1ccc(N(C)CCC#N)cc1. The number of ether oxygens (including phenoxy) is 1. The van der Waals surface area contributed by atoms with Crippen LogP contribution < -0.4 is 15.5 Å². The van der Waals surface area contributed by atoms with E-state index < -0.39 is 0 Å². The Morgan fingerprint density at radius 1 is 1.40 bits per heavy atom. The predicted octanol–water partition coefficient (Wildman–Crippen LogP) is 2.39. The molecule has 25 heavy (non-hydrogen) atoms. The van der Waals surface area contributed by atoms with Gasteiger partial charge in [0.1, 0.15) is 0 Å². The molecular weight excluding hydrogens is 336 g/mol. The molecule has 0 aliphatic carbocycles. The Morgan fingerprint density at radius 2 is 2.08 bits per heavy atom. The number of nitrogens with zero attached hydrogens (tertiary/aromatic N) is 2. The van der Waals surface area contributed by atoms with Gasteiger partial charge in [-0.3, -0.25) is 0 Å². The van der Waals surface area contributed by atoms with Crippen LogP contribution in [0.15, 0.2) is 35.5 Å². The number of carbonyl (C=O) groups is 1. The molecule has 1 unspecified atom stereocenters. The fraction of sp³-hybridized carbons (Fsp3) is 0.389. The Morgan fingerprint density at radius 3 is 2.68 bits per heavy atom. The maximum Gasteiger partial charge on any atom is 0.338 e. The first-order valence-electron chi connectivity index (χ1n) is 8.11. The van der Waals surface area contributed by atoms with Crippen molar-refractivity contribution < 1.29 is 9.53 Å². The molecule has 1 heterocycles. The summed E-state index contributed by atoms with van der Waals surface area (Å²) >= 11 is 5.23. The van der Waals surface area contributed by atoms with Crippen molar-refractivity contribution in [2.24, 2.45) is 0 Å². The molecule has 1 aliphatic heterocycles. The van der Waals surface area contributed by atoms with E-state index in [2.05, 4.69) is 16.7 Å². The van der Waals surface area contributed by atoms with Crippen LogP contribution in [0.2, 0.25) is 0 Å². The molecule has 0 bridgehead atoms. The number of allylic oxidation sites excluding steroid dienone is 1. The van der Waals surface area contributed by atoms with Crippen LogP contribution in [0.4, 0.5) is 5.69 Å². The highest BCUT2D eigenvalue weighted by atomic mass is 32.1. The lowest BCUT2D eigenvalue weighted by atomic mass is 9.95. The van der Waals surface area contributed by atoms with Crippen LogP contribution in [0, 0.1) is 11.3 Å². The summed E-state index contributed by atoms with van der Waals surface area (Å²) in [5, 5.41) is 15.3. The van der Waals surface area contributed by atoms with Gasteiger partial charge in [0.05, 0.1) is 30.7 Å². The Hall–Kier alpha value is -2.59. The number of nitrogens with one attached hydrogen (secondary N) is 2. The lowest BCUT2D eigenvalue weighted by Crippen LogP contribution is -2.45. The van der Waals surface area contributed by atoms with E-state index in [1.165, 1.54) is 0 Å². The summed E-state index contributed by atoms with van der Waals surface area (Å²) in [6.07, 6.45) is 0.470. The first-order chi connectivity index (χ1) is 12.0. The zero-order chi connectivity index (χ0) is 18.4. The van der Waals surface area contributed by atoms with Gasteiger partial charge in [-0.05, 0) is 43.8 Å². The molecule has 0 spiro atoms. The number of thiocarbonyl (C=S) groups is 1. The molecule has 1 aliphatic rings. The summed E-state index contributed by atoms with van der Waals surface area (Å²) in [7, 11) is 1.94. The summed E-state index contributed by atoms with van der Waals surface area (Å²) in [5.74, 6) is -0.359. The zero-order valence-electron chi connectivity index (χ0n) is 14.6. The minimum Gasteiger partial charge on any atom is -0.463 e. The summed E-state index contributed by atoms with van der Waals surface area (Å²) in [6, 6.07) is 9.63. The van der Waals surface area contributed by atoms with Crippen LogP contribution in [-0.2, 0) is 9.53 Å². The number of hydrogen-bond donors (Lipinski definition) is 2. The summed E-state index contributed by atoms with van der Waals surface area (Å²) < 4.78 is 5.19. The van der Waals surface area contributed by atoms with Gasteiger partial charge in [0.15, 0.2) is 5.11 Å². The van der Waals surface area contributed by atoms with Gasteiger partial charge in [0, 0.05) is 25.0 Å². The van der Waals surface area contributed by atoms with E-state index >= 15 is 0 Å². The lowest BCUT2D eigenvalue weighted by Gasteiger charge is -2.30. The standard InChI is InChI=1S/C18H22N4O2S/c1-4-24-17(23)15-12(2)20-18(25)21-16(15)13-6-8-14(9-7-13)22(3)11-5-10-19/h6-9,16H,4-5,11H2,1-3H3,(H2,20,21,25). The van der Waals surface area contributed by atoms with Crippen LogP contribution in [0.25, 0.3) is 0 Å². The van der Waals surface area contributed by atoms with Crippen molar-refractivity contribution in [1.82, 2.24) is 10.6 Å². The van der Waals surface area contributed by atoms with Gasteiger partial charge < -0.3 is 20.3 Å². The van der Waals surface area contributed by atoms with Crippen molar-refractivity contribution in [2.75, 3.05) is 25.1 Å². The Balaban J connectivity index is 2.28. The lowest BCUT2D eigenvalue weighted by molar-refractivity contribution is -0.139. The number of anilines is 1. The second-order valence-corrected chi connectivity index (χ2v) is 6.12. The van der Waals surface area contributed by atoms with Gasteiger partial charge >= 0.3 is 5.97 Å². The predicted molar refractivity (Wildman–Crippen MR) is 101 cm³/mol. The number of esters is 1. The van der Waals surface area contributed by atoms with E-state index in [0.29, 0.717) is 36.0 Å². The highest BCUT2D eigenvalue weighted by molar-refractivity contribution is 7.80. The van der Waals surface area contributed by atoms with E-state index in [9.17, 15) is 4.79 Å². The second kappa shape index (κ2) is 8.49. The van der Waals surface area contributed by atoms with Gasteiger partial charge in [0.25, 0.3) is 0 Å². The third-order valence-corrected chi connectivity index (χ3v) is 4.21. The maximum absolute atomic E-state index is 12.4. The minimum absolute atomic E-state index is 0.315. The third kappa shape index (κ3) is 4.48. The first kappa shape index (κ1) is 18.7. The maximum atomic E-state index is 12.4. The van der Waals surface area contributed by atoms with Gasteiger partial charge in [-0.15, -0.1) is 0 Å². The van der Waals surface area contributed by atoms with Gasteiger partial charge in [-0.25, -0.2) is 4.79 Å². The number of benzene rings is 1. The first-order valence-corrected chi connectivity index (χ1v) is 8.52. The molecule has 0 amide bonds. The zero-order valence-corrected chi connectivity index (χ0v) is 15.4. The fourth-order valence-corrected chi connectivity index (χ4v) is 2.96. The average Bonchev–Trinajstić information content (AvgIpc) is 2.59. The van der Waals surface area contributed by atoms with Crippen molar-refractivity contribution >= 4 is 29.0 Å². The van der Waals surface area contributed by atoms with Crippen molar-refractivity contribution in [3.8, 4) is 6.07 Å². The summed E-state index contributed by atoms with van der Waals surface area (Å²) in [5.41, 5.74) is 3.15. The van der Waals surface area contributed by atoms with E-state index in [0.717, 1.165) is 11.3 Å². The number of carbonyl (C=O) groups excluding carboxylic acids is 1. The number of nitriles is 1. The molecule has 6 nitrogen and oxygen atoms in total. The molecule has 1 aromatic rings. The third-order valence-electron chi connectivity index (χ3n) is 3.99. The molecular formula is C18H22N4O2S.